The summed E-state index contributed by atoms with van der Waals surface area (Å²) in [6.45, 7) is 2.50. The number of nitrogens with zero attached hydrogens (tertiary/aromatic N) is 1. The number of rotatable bonds is 2. The van der Waals surface area contributed by atoms with Crippen molar-refractivity contribution in [1.29, 1.82) is 0 Å². The lowest BCUT2D eigenvalue weighted by Gasteiger charge is -2.22. The molecule has 1 aliphatic rings. The normalized spacial score (nSPS) is 21.6. The van der Waals surface area contributed by atoms with E-state index in [0.717, 1.165) is 17.3 Å². The highest BCUT2D eigenvalue weighted by molar-refractivity contribution is 9.10. The standard InChI is InChI=1S/C15H15BrN2O3/c1-15(6-3-7-21-15)14-17-12(19)11(13(20)18-14)9-4-2-5-10(16)8-9/h2,4-5,8H,3,6-7H2,1H3,(H2,17,18,19,20). The second-order valence-electron chi connectivity index (χ2n) is 5.31. The minimum Gasteiger partial charge on any atom is -0.493 e. The Morgan fingerprint density at radius 1 is 1.48 bits per heavy atom. The number of hydrogen-bond acceptors (Lipinski definition) is 4. The van der Waals surface area contributed by atoms with Crippen molar-refractivity contribution in [2.24, 2.45) is 0 Å². The van der Waals surface area contributed by atoms with Gasteiger partial charge in [-0.3, -0.25) is 4.79 Å². The zero-order chi connectivity index (χ0) is 15.0. The molecular formula is C15H15BrN2O3. The molecular weight excluding hydrogens is 336 g/mol. The van der Waals surface area contributed by atoms with Gasteiger partial charge in [0.15, 0.2) is 0 Å². The Bertz CT molecular complexity index is 736. The largest absolute Gasteiger partial charge is 0.493 e. The van der Waals surface area contributed by atoms with Crippen molar-refractivity contribution >= 4 is 15.9 Å². The molecule has 1 aromatic carbocycles. The highest BCUT2D eigenvalue weighted by Gasteiger charge is 2.35. The lowest BCUT2D eigenvalue weighted by molar-refractivity contribution is 0.00871. The maximum atomic E-state index is 12.3. The van der Waals surface area contributed by atoms with Gasteiger partial charge in [0.2, 0.25) is 5.88 Å². The van der Waals surface area contributed by atoms with Crippen molar-refractivity contribution in [3.05, 3.63) is 44.9 Å². The molecule has 3 rings (SSSR count). The Balaban J connectivity index is 2.11. The van der Waals surface area contributed by atoms with Gasteiger partial charge in [0.05, 0.1) is 0 Å². The fourth-order valence-electron chi connectivity index (χ4n) is 2.58. The molecule has 1 atom stereocenters. The van der Waals surface area contributed by atoms with E-state index >= 15 is 0 Å². The van der Waals surface area contributed by atoms with Gasteiger partial charge in [-0.05, 0) is 37.5 Å². The summed E-state index contributed by atoms with van der Waals surface area (Å²) >= 11 is 3.35. The van der Waals surface area contributed by atoms with Crippen LogP contribution in [0.25, 0.3) is 11.1 Å². The molecule has 1 aromatic heterocycles. The molecule has 1 unspecified atom stereocenters. The first kappa shape index (κ1) is 14.3. The Kier molecular flexibility index (Phi) is 3.59. The molecule has 0 aliphatic carbocycles. The van der Waals surface area contributed by atoms with Gasteiger partial charge in [-0.1, -0.05) is 28.1 Å². The summed E-state index contributed by atoms with van der Waals surface area (Å²) in [6.07, 6.45) is 1.68. The number of aromatic nitrogens is 2. The topological polar surface area (TPSA) is 75.2 Å². The molecule has 2 heterocycles. The van der Waals surface area contributed by atoms with Crippen molar-refractivity contribution < 1.29 is 9.84 Å². The van der Waals surface area contributed by atoms with Crippen LogP contribution in [0.4, 0.5) is 0 Å². The number of aromatic amines is 1. The first-order valence-corrected chi connectivity index (χ1v) is 7.52. The molecule has 0 amide bonds. The molecule has 1 aliphatic heterocycles. The summed E-state index contributed by atoms with van der Waals surface area (Å²) in [5.41, 5.74) is -0.222. The lowest BCUT2D eigenvalue weighted by Crippen LogP contribution is -2.27. The molecule has 2 aromatic rings. The first-order valence-electron chi connectivity index (χ1n) is 6.73. The molecule has 0 saturated carbocycles. The third-order valence-electron chi connectivity index (χ3n) is 3.73. The van der Waals surface area contributed by atoms with Crippen LogP contribution in [0.3, 0.4) is 0 Å². The maximum absolute atomic E-state index is 12.3. The number of nitrogens with one attached hydrogen (secondary N) is 1. The highest BCUT2D eigenvalue weighted by Crippen LogP contribution is 2.35. The molecule has 110 valence electrons. The fraction of sp³-hybridized carbons (Fsp3) is 0.333. The van der Waals surface area contributed by atoms with Gasteiger partial charge in [-0.25, -0.2) is 0 Å². The van der Waals surface area contributed by atoms with E-state index in [4.69, 9.17) is 4.74 Å². The number of hydrogen-bond donors (Lipinski definition) is 2. The third kappa shape index (κ3) is 2.61. The molecule has 2 N–H and O–H groups in total. The van der Waals surface area contributed by atoms with E-state index in [2.05, 4.69) is 25.9 Å². The molecule has 6 heteroatoms. The van der Waals surface area contributed by atoms with Crippen molar-refractivity contribution in [3.8, 4) is 17.0 Å². The van der Waals surface area contributed by atoms with Gasteiger partial charge >= 0.3 is 0 Å². The van der Waals surface area contributed by atoms with E-state index in [1.54, 1.807) is 18.2 Å². The van der Waals surface area contributed by atoms with Crippen LogP contribution in [0.15, 0.2) is 33.5 Å². The number of halogens is 1. The number of H-pyrrole nitrogens is 1. The summed E-state index contributed by atoms with van der Waals surface area (Å²) in [5.74, 6) is 0.102. The van der Waals surface area contributed by atoms with Crippen LogP contribution in [0.5, 0.6) is 5.88 Å². The van der Waals surface area contributed by atoms with Crippen molar-refractivity contribution in [2.45, 2.75) is 25.4 Å². The van der Waals surface area contributed by atoms with Crippen LogP contribution in [-0.2, 0) is 10.3 Å². The molecule has 1 fully saturated rings. The van der Waals surface area contributed by atoms with Crippen molar-refractivity contribution in [3.63, 3.8) is 0 Å². The zero-order valence-corrected chi connectivity index (χ0v) is 13.1. The van der Waals surface area contributed by atoms with Crippen LogP contribution in [0, 0.1) is 0 Å². The van der Waals surface area contributed by atoms with Crippen LogP contribution in [-0.4, -0.2) is 21.7 Å². The fourth-order valence-corrected chi connectivity index (χ4v) is 2.98. The van der Waals surface area contributed by atoms with Gasteiger partial charge in [0, 0.05) is 11.1 Å². The summed E-state index contributed by atoms with van der Waals surface area (Å²) in [7, 11) is 0. The van der Waals surface area contributed by atoms with Crippen molar-refractivity contribution in [2.75, 3.05) is 6.61 Å². The van der Waals surface area contributed by atoms with E-state index in [9.17, 15) is 9.90 Å². The third-order valence-corrected chi connectivity index (χ3v) is 4.23. The summed E-state index contributed by atoms with van der Waals surface area (Å²) < 4.78 is 6.48. The predicted molar refractivity (Wildman–Crippen MR) is 82.2 cm³/mol. The lowest BCUT2D eigenvalue weighted by atomic mass is 10.0. The monoisotopic (exact) mass is 350 g/mol. The summed E-state index contributed by atoms with van der Waals surface area (Å²) in [4.78, 5) is 19.2. The average Bonchev–Trinajstić information content (AvgIpc) is 2.86. The Hall–Kier alpha value is -1.66. The van der Waals surface area contributed by atoms with Crippen LogP contribution in [0.2, 0.25) is 0 Å². The molecule has 5 nitrogen and oxygen atoms in total. The molecule has 0 radical (unpaired) electrons. The SMILES string of the molecule is CC1(c2nc(O)c(-c3cccc(Br)c3)c(=O)[nH]2)CCCO1. The molecule has 21 heavy (non-hydrogen) atoms. The van der Waals surface area contributed by atoms with Crippen molar-refractivity contribution in [1.82, 2.24) is 9.97 Å². The Morgan fingerprint density at radius 2 is 2.29 bits per heavy atom. The van der Waals surface area contributed by atoms with E-state index < -0.39 is 5.60 Å². The quantitative estimate of drug-likeness (QED) is 0.872. The Morgan fingerprint density at radius 3 is 2.90 bits per heavy atom. The average molecular weight is 351 g/mol. The smallest absolute Gasteiger partial charge is 0.262 e. The molecule has 0 bridgehead atoms. The van der Waals surface area contributed by atoms with Gasteiger partial charge < -0.3 is 14.8 Å². The van der Waals surface area contributed by atoms with Gasteiger partial charge in [0.25, 0.3) is 5.56 Å². The van der Waals surface area contributed by atoms with E-state index in [1.165, 1.54) is 0 Å². The second-order valence-corrected chi connectivity index (χ2v) is 6.22. The maximum Gasteiger partial charge on any atom is 0.262 e. The summed E-state index contributed by atoms with van der Waals surface area (Å²) in [6, 6.07) is 7.17. The van der Waals surface area contributed by atoms with Gasteiger partial charge in [-0.15, -0.1) is 0 Å². The van der Waals surface area contributed by atoms with E-state index in [-0.39, 0.29) is 17.0 Å². The van der Waals surface area contributed by atoms with Crippen LogP contribution >= 0.6 is 15.9 Å². The molecule has 0 spiro atoms. The minimum atomic E-state index is -0.632. The summed E-state index contributed by atoms with van der Waals surface area (Å²) in [5, 5.41) is 10.2. The number of ether oxygens (including phenoxy) is 1. The zero-order valence-electron chi connectivity index (χ0n) is 11.5. The Labute approximate surface area is 130 Å². The molecule has 1 saturated heterocycles. The first-order chi connectivity index (χ1) is 9.99. The van der Waals surface area contributed by atoms with Crippen LogP contribution in [0.1, 0.15) is 25.6 Å². The second kappa shape index (κ2) is 5.27. The van der Waals surface area contributed by atoms with E-state index in [1.807, 2.05) is 13.0 Å². The van der Waals surface area contributed by atoms with Gasteiger partial charge in [-0.2, -0.15) is 4.98 Å². The number of benzene rings is 1. The highest BCUT2D eigenvalue weighted by atomic mass is 79.9. The predicted octanol–water partition coefficient (Wildman–Crippen LogP) is 2.93. The minimum absolute atomic E-state index is 0.168. The van der Waals surface area contributed by atoms with Crippen LogP contribution < -0.4 is 5.56 Å². The van der Waals surface area contributed by atoms with E-state index in [0.29, 0.717) is 18.0 Å². The number of aromatic hydroxyl groups is 1. The van der Waals surface area contributed by atoms with Gasteiger partial charge in [0.1, 0.15) is 17.0 Å².